The molecule has 0 bridgehead atoms. The SMILES string of the molecule is Cc1n[nH]cc1-c1nc(N[C@H]2CC[C@H](N(C(=O)NCc3ccccc3)c3ccc(-c4cnn(C)c4)cn3)CC2)ncc1C#N. The molecule has 44 heavy (non-hydrogen) atoms. The van der Waals surface area contributed by atoms with Gasteiger partial charge in [-0.05, 0) is 50.3 Å². The highest BCUT2D eigenvalue weighted by molar-refractivity contribution is 5.91. The molecule has 222 valence electrons. The number of nitrogens with one attached hydrogen (secondary N) is 3. The molecule has 0 unspecified atom stereocenters. The molecule has 1 saturated carbocycles. The van der Waals surface area contributed by atoms with Gasteiger partial charge in [0.1, 0.15) is 11.9 Å². The highest BCUT2D eigenvalue weighted by Crippen LogP contribution is 2.30. The van der Waals surface area contributed by atoms with Crippen molar-refractivity contribution in [3.8, 4) is 28.5 Å². The molecular weight excluding hydrogens is 554 g/mol. The maximum atomic E-state index is 13.7. The van der Waals surface area contributed by atoms with Crippen LogP contribution in [-0.2, 0) is 13.6 Å². The van der Waals surface area contributed by atoms with Crippen LogP contribution < -0.4 is 15.5 Å². The molecule has 4 aromatic heterocycles. The molecule has 0 spiro atoms. The molecule has 1 aliphatic carbocycles. The second-order valence-corrected chi connectivity index (χ2v) is 10.9. The van der Waals surface area contributed by atoms with Crippen LogP contribution in [0.25, 0.3) is 22.4 Å². The number of H-pyrrole nitrogens is 1. The molecule has 0 radical (unpaired) electrons. The number of urea groups is 1. The van der Waals surface area contributed by atoms with E-state index in [1.54, 1.807) is 34.4 Å². The summed E-state index contributed by atoms with van der Waals surface area (Å²) in [6.07, 6.45) is 12.0. The van der Waals surface area contributed by atoms with Crippen LogP contribution in [0.15, 0.2) is 73.4 Å². The predicted octanol–water partition coefficient (Wildman–Crippen LogP) is 4.98. The number of benzene rings is 1. The summed E-state index contributed by atoms with van der Waals surface area (Å²) in [4.78, 5) is 29.3. The van der Waals surface area contributed by atoms with Crippen molar-refractivity contribution in [1.29, 1.82) is 5.26 Å². The summed E-state index contributed by atoms with van der Waals surface area (Å²) in [5, 5.41) is 27.4. The molecule has 0 saturated heterocycles. The number of aromatic amines is 1. The summed E-state index contributed by atoms with van der Waals surface area (Å²) in [5.41, 5.74) is 5.41. The lowest BCUT2D eigenvalue weighted by Crippen LogP contribution is -2.49. The first-order valence-electron chi connectivity index (χ1n) is 14.6. The van der Waals surface area contributed by atoms with E-state index in [2.05, 4.69) is 42.0 Å². The Kier molecular flexibility index (Phi) is 8.27. The van der Waals surface area contributed by atoms with Gasteiger partial charge in [-0.1, -0.05) is 30.3 Å². The Hall–Kier alpha value is -5.57. The number of pyridine rings is 1. The van der Waals surface area contributed by atoms with Gasteiger partial charge in [-0.15, -0.1) is 0 Å². The van der Waals surface area contributed by atoms with Crippen molar-refractivity contribution >= 4 is 17.8 Å². The van der Waals surface area contributed by atoms with Gasteiger partial charge in [0.05, 0.1) is 29.3 Å². The second kappa shape index (κ2) is 12.7. The zero-order valence-electron chi connectivity index (χ0n) is 24.6. The van der Waals surface area contributed by atoms with Crippen LogP contribution >= 0.6 is 0 Å². The molecule has 12 heteroatoms. The lowest BCUT2D eigenvalue weighted by Gasteiger charge is -2.36. The smallest absolute Gasteiger partial charge is 0.323 e. The number of anilines is 2. The van der Waals surface area contributed by atoms with Gasteiger partial charge in [-0.3, -0.25) is 14.7 Å². The molecule has 6 rings (SSSR count). The fourth-order valence-corrected chi connectivity index (χ4v) is 5.58. The van der Waals surface area contributed by atoms with Crippen molar-refractivity contribution in [1.82, 2.24) is 40.2 Å². The number of nitriles is 1. The number of rotatable bonds is 8. The Morgan fingerprint density at radius 1 is 1.07 bits per heavy atom. The number of amides is 2. The first-order chi connectivity index (χ1) is 21.5. The Labute approximate surface area is 255 Å². The maximum absolute atomic E-state index is 13.7. The third-order valence-corrected chi connectivity index (χ3v) is 7.93. The summed E-state index contributed by atoms with van der Waals surface area (Å²) in [7, 11) is 1.88. The van der Waals surface area contributed by atoms with Crippen molar-refractivity contribution in [2.75, 3.05) is 10.2 Å². The van der Waals surface area contributed by atoms with E-state index in [1.807, 2.05) is 62.6 Å². The summed E-state index contributed by atoms with van der Waals surface area (Å²) < 4.78 is 1.75. The van der Waals surface area contributed by atoms with E-state index in [0.717, 1.165) is 53.6 Å². The monoisotopic (exact) mass is 587 g/mol. The van der Waals surface area contributed by atoms with Gasteiger partial charge in [0.15, 0.2) is 0 Å². The van der Waals surface area contributed by atoms with Gasteiger partial charge < -0.3 is 10.6 Å². The van der Waals surface area contributed by atoms with Crippen LogP contribution in [0.2, 0.25) is 0 Å². The van der Waals surface area contributed by atoms with Gasteiger partial charge in [-0.2, -0.15) is 15.5 Å². The van der Waals surface area contributed by atoms with Crippen LogP contribution in [0.1, 0.15) is 42.5 Å². The van der Waals surface area contributed by atoms with Crippen molar-refractivity contribution in [3.05, 3.63) is 90.3 Å². The van der Waals surface area contributed by atoms with Crippen molar-refractivity contribution in [2.45, 2.75) is 51.2 Å². The topological polar surface area (TPSA) is 153 Å². The second-order valence-electron chi connectivity index (χ2n) is 10.9. The van der Waals surface area contributed by atoms with E-state index in [1.165, 1.54) is 0 Å². The van der Waals surface area contributed by atoms with E-state index in [-0.39, 0.29) is 18.1 Å². The van der Waals surface area contributed by atoms with Gasteiger partial charge in [0.25, 0.3) is 0 Å². The average molecular weight is 588 g/mol. The first-order valence-corrected chi connectivity index (χ1v) is 14.6. The van der Waals surface area contributed by atoms with Crippen LogP contribution in [0.4, 0.5) is 16.6 Å². The predicted molar refractivity (Wildman–Crippen MR) is 166 cm³/mol. The molecular formula is C32H33N11O. The highest BCUT2D eigenvalue weighted by atomic mass is 16.2. The normalized spacial score (nSPS) is 16.2. The van der Waals surface area contributed by atoms with E-state index in [9.17, 15) is 10.1 Å². The van der Waals surface area contributed by atoms with Crippen LogP contribution in [0.5, 0.6) is 0 Å². The number of carbonyl (C=O) groups excluding carboxylic acids is 1. The quantitative estimate of drug-likeness (QED) is 0.230. The molecule has 0 aliphatic heterocycles. The molecule has 1 aliphatic rings. The molecule has 3 N–H and O–H groups in total. The summed E-state index contributed by atoms with van der Waals surface area (Å²) >= 11 is 0. The fraction of sp³-hybridized carbons (Fsp3) is 0.281. The minimum absolute atomic E-state index is 0.0356. The number of aromatic nitrogens is 7. The molecule has 12 nitrogen and oxygen atoms in total. The van der Waals surface area contributed by atoms with Crippen LogP contribution in [0.3, 0.4) is 0 Å². The lowest BCUT2D eigenvalue weighted by molar-refractivity contribution is 0.240. The van der Waals surface area contributed by atoms with Crippen LogP contribution in [0, 0.1) is 18.3 Å². The van der Waals surface area contributed by atoms with Gasteiger partial charge >= 0.3 is 6.03 Å². The minimum Gasteiger partial charge on any atom is -0.351 e. The lowest BCUT2D eigenvalue weighted by atomic mass is 9.90. The number of hydrogen-bond donors (Lipinski definition) is 3. The van der Waals surface area contributed by atoms with Crippen molar-refractivity contribution < 1.29 is 4.79 Å². The zero-order chi connectivity index (χ0) is 30.5. The molecule has 5 aromatic rings. The fourth-order valence-electron chi connectivity index (χ4n) is 5.58. The maximum Gasteiger partial charge on any atom is 0.323 e. The van der Waals surface area contributed by atoms with Crippen molar-refractivity contribution in [2.24, 2.45) is 7.05 Å². The Bertz CT molecular complexity index is 1760. The summed E-state index contributed by atoms with van der Waals surface area (Å²) in [6.45, 7) is 2.29. The number of nitrogens with zero attached hydrogens (tertiary/aromatic N) is 8. The third-order valence-electron chi connectivity index (χ3n) is 7.93. The Morgan fingerprint density at radius 3 is 2.55 bits per heavy atom. The molecule has 4 heterocycles. The van der Waals surface area contributed by atoms with E-state index < -0.39 is 0 Å². The molecule has 0 atom stereocenters. The Balaban J connectivity index is 1.17. The van der Waals surface area contributed by atoms with Crippen molar-refractivity contribution in [3.63, 3.8) is 0 Å². The van der Waals surface area contributed by atoms with E-state index in [4.69, 9.17) is 4.98 Å². The summed E-state index contributed by atoms with van der Waals surface area (Å²) in [6, 6.07) is 15.8. The summed E-state index contributed by atoms with van der Waals surface area (Å²) in [5.74, 6) is 1.07. The largest absolute Gasteiger partial charge is 0.351 e. The molecule has 1 aromatic carbocycles. The zero-order valence-corrected chi connectivity index (χ0v) is 24.6. The highest BCUT2D eigenvalue weighted by Gasteiger charge is 2.31. The first kappa shape index (κ1) is 28.5. The number of hydrogen-bond acceptors (Lipinski definition) is 8. The van der Waals surface area contributed by atoms with Gasteiger partial charge in [0.2, 0.25) is 5.95 Å². The third kappa shape index (κ3) is 6.27. The van der Waals surface area contributed by atoms with Crippen LogP contribution in [-0.4, -0.2) is 53.0 Å². The van der Waals surface area contributed by atoms with Gasteiger partial charge in [-0.25, -0.2) is 19.7 Å². The van der Waals surface area contributed by atoms with E-state index >= 15 is 0 Å². The van der Waals surface area contributed by atoms with Gasteiger partial charge in [0, 0.05) is 61.0 Å². The number of aryl methyl sites for hydroxylation is 2. The molecule has 2 amide bonds. The number of carbonyl (C=O) groups is 1. The molecule has 1 fully saturated rings. The van der Waals surface area contributed by atoms with E-state index in [0.29, 0.717) is 29.6 Å². The standard InChI is InChI=1S/C32H33N11O/c1-21-28(19-37-41-21)30-24(14-33)17-35-31(40-30)39-26-9-11-27(12-10-26)43(32(44)36-15-22-6-4-3-5-7-22)29-13-8-23(16-34-29)25-18-38-42(2)20-25/h3-8,13,16-20,26-27H,9-12,15H2,1-2H3,(H,36,44)(H,37,41)(H,35,39,40)/t26-,27-. The average Bonchev–Trinajstić information content (AvgIpc) is 3.69. The Morgan fingerprint density at radius 2 is 1.89 bits per heavy atom. The minimum atomic E-state index is -0.178.